The lowest BCUT2D eigenvalue weighted by molar-refractivity contribution is 0.0963. The topological polar surface area (TPSA) is 83.8 Å². The summed E-state index contributed by atoms with van der Waals surface area (Å²) in [4.78, 5) is 18.3. The molecule has 1 amide bonds. The van der Waals surface area contributed by atoms with E-state index in [9.17, 15) is 4.79 Å². The number of aliphatic imine (C=N–C) groups is 1. The lowest BCUT2D eigenvalue weighted by Gasteiger charge is -2.32. The van der Waals surface area contributed by atoms with Gasteiger partial charge in [0.15, 0.2) is 5.96 Å². The standard InChI is InChI=1S/C21H30N6O2.HI/c1-3-22-20(25-18-10-12-26(13-11-18)21(28)29-4-2)23-14-17-15-24-27(16-17)19-8-6-5-7-9-19;/h5-9,15-16,18H,3-4,10-14H2,1-2H3,(H2,22,23,25);1H. The highest BCUT2D eigenvalue weighted by Gasteiger charge is 2.24. The van der Waals surface area contributed by atoms with Crippen molar-refractivity contribution in [2.75, 3.05) is 26.2 Å². The fourth-order valence-electron chi connectivity index (χ4n) is 3.27. The van der Waals surface area contributed by atoms with Crippen molar-refractivity contribution in [3.05, 3.63) is 48.3 Å². The van der Waals surface area contributed by atoms with Crippen molar-refractivity contribution in [1.82, 2.24) is 25.3 Å². The number of likely N-dealkylation sites (tertiary alicyclic amines) is 1. The summed E-state index contributed by atoms with van der Waals surface area (Å²) in [5.41, 5.74) is 2.07. The number of nitrogens with zero attached hydrogens (tertiary/aromatic N) is 4. The van der Waals surface area contributed by atoms with E-state index in [-0.39, 0.29) is 36.1 Å². The average molecular weight is 526 g/mol. The molecule has 1 aliphatic rings. The minimum atomic E-state index is -0.220. The molecule has 0 radical (unpaired) electrons. The molecule has 9 heteroatoms. The molecular weight excluding hydrogens is 495 g/mol. The fourth-order valence-corrected chi connectivity index (χ4v) is 3.27. The molecule has 30 heavy (non-hydrogen) atoms. The first-order valence-electron chi connectivity index (χ1n) is 10.2. The highest BCUT2D eigenvalue weighted by Crippen LogP contribution is 2.12. The SMILES string of the molecule is CCNC(=NCc1cnn(-c2ccccc2)c1)NC1CCN(C(=O)OCC)CC1.I. The van der Waals surface area contributed by atoms with Gasteiger partial charge in [0, 0.05) is 37.4 Å². The summed E-state index contributed by atoms with van der Waals surface area (Å²) in [5.74, 6) is 0.787. The van der Waals surface area contributed by atoms with Crippen LogP contribution in [0.2, 0.25) is 0 Å². The van der Waals surface area contributed by atoms with Gasteiger partial charge in [-0.3, -0.25) is 0 Å². The Hall–Kier alpha value is -2.30. The molecule has 164 valence electrons. The molecule has 1 saturated heterocycles. The van der Waals surface area contributed by atoms with Crippen LogP contribution in [-0.4, -0.2) is 59.0 Å². The Balaban J connectivity index is 0.00000320. The number of rotatable bonds is 6. The molecule has 0 atom stereocenters. The summed E-state index contributed by atoms with van der Waals surface area (Å²) in [6.45, 7) is 7.01. The normalized spacial score (nSPS) is 14.7. The summed E-state index contributed by atoms with van der Waals surface area (Å²) >= 11 is 0. The average Bonchev–Trinajstić information content (AvgIpc) is 3.23. The van der Waals surface area contributed by atoms with Gasteiger partial charge in [0.25, 0.3) is 0 Å². The second kappa shape index (κ2) is 12.4. The molecule has 2 N–H and O–H groups in total. The second-order valence-electron chi connectivity index (χ2n) is 6.93. The van der Waals surface area contributed by atoms with Gasteiger partial charge in [0.2, 0.25) is 0 Å². The highest BCUT2D eigenvalue weighted by atomic mass is 127. The van der Waals surface area contributed by atoms with E-state index in [1.54, 1.807) is 4.90 Å². The first-order valence-corrected chi connectivity index (χ1v) is 10.2. The van der Waals surface area contributed by atoms with Crippen molar-refractivity contribution < 1.29 is 9.53 Å². The number of halogens is 1. The zero-order valence-electron chi connectivity index (χ0n) is 17.6. The van der Waals surface area contributed by atoms with Crippen molar-refractivity contribution in [3.63, 3.8) is 0 Å². The molecule has 1 aromatic heterocycles. The zero-order valence-corrected chi connectivity index (χ0v) is 19.9. The van der Waals surface area contributed by atoms with Crippen molar-refractivity contribution in [2.45, 2.75) is 39.3 Å². The number of piperidine rings is 1. The molecule has 1 aliphatic heterocycles. The van der Waals surface area contributed by atoms with E-state index in [4.69, 9.17) is 9.73 Å². The molecule has 0 unspecified atom stereocenters. The van der Waals surface area contributed by atoms with Crippen molar-refractivity contribution >= 4 is 36.0 Å². The molecule has 1 fully saturated rings. The number of hydrogen-bond acceptors (Lipinski definition) is 4. The molecule has 1 aromatic carbocycles. The minimum Gasteiger partial charge on any atom is -0.450 e. The van der Waals surface area contributed by atoms with Crippen LogP contribution in [-0.2, 0) is 11.3 Å². The third-order valence-electron chi connectivity index (χ3n) is 4.78. The lowest BCUT2D eigenvalue weighted by Crippen LogP contribution is -2.49. The van der Waals surface area contributed by atoms with Crippen LogP contribution < -0.4 is 10.6 Å². The van der Waals surface area contributed by atoms with Crippen molar-refractivity contribution in [1.29, 1.82) is 0 Å². The van der Waals surface area contributed by atoms with E-state index in [1.165, 1.54) is 0 Å². The Kier molecular flexibility index (Phi) is 9.92. The van der Waals surface area contributed by atoms with E-state index >= 15 is 0 Å². The summed E-state index contributed by atoms with van der Waals surface area (Å²) in [6.07, 6.45) is 5.37. The van der Waals surface area contributed by atoms with Gasteiger partial charge < -0.3 is 20.3 Å². The number of benzene rings is 1. The third-order valence-corrected chi connectivity index (χ3v) is 4.78. The molecule has 3 rings (SSSR count). The molecular formula is C21H31IN6O2. The van der Waals surface area contributed by atoms with Gasteiger partial charge in [-0.15, -0.1) is 24.0 Å². The number of carbonyl (C=O) groups is 1. The Bertz CT molecular complexity index is 803. The molecule has 2 heterocycles. The number of carbonyl (C=O) groups excluding carboxylic acids is 1. The van der Waals surface area contributed by atoms with Crippen LogP contribution in [0.5, 0.6) is 0 Å². The predicted molar refractivity (Wildman–Crippen MR) is 129 cm³/mol. The van der Waals surface area contributed by atoms with Gasteiger partial charge in [0.05, 0.1) is 25.0 Å². The van der Waals surface area contributed by atoms with Crippen LogP contribution in [0, 0.1) is 0 Å². The molecule has 0 saturated carbocycles. The molecule has 8 nitrogen and oxygen atoms in total. The van der Waals surface area contributed by atoms with Gasteiger partial charge in [0.1, 0.15) is 0 Å². The van der Waals surface area contributed by atoms with Crippen LogP contribution in [0.3, 0.4) is 0 Å². The first-order chi connectivity index (χ1) is 14.2. The lowest BCUT2D eigenvalue weighted by atomic mass is 10.1. The van der Waals surface area contributed by atoms with Gasteiger partial charge in [-0.2, -0.15) is 5.10 Å². The highest BCUT2D eigenvalue weighted by molar-refractivity contribution is 14.0. The van der Waals surface area contributed by atoms with Crippen LogP contribution in [0.15, 0.2) is 47.7 Å². The number of hydrogen-bond donors (Lipinski definition) is 2. The number of nitrogens with one attached hydrogen (secondary N) is 2. The quantitative estimate of drug-likeness (QED) is 0.343. The van der Waals surface area contributed by atoms with Crippen LogP contribution >= 0.6 is 24.0 Å². The number of aromatic nitrogens is 2. The fraction of sp³-hybridized carbons (Fsp3) is 0.476. The van der Waals surface area contributed by atoms with Crippen LogP contribution in [0.4, 0.5) is 4.79 Å². The summed E-state index contributed by atoms with van der Waals surface area (Å²) in [6, 6.07) is 10.3. The van der Waals surface area contributed by atoms with E-state index in [1.807, 2.05) is 61.3 Å². The number of amides is 1. The van der Waals surface area contributed by atoms with Gasteiger partial charge in [-0.25, -0.2) is 14.5 Å². The second-order valence-corrected chi connectivity index (χ2v) is 6.93. The van der Waals surface area contributed by atoms with Gasteiger partial charge in [-0.1, -0.05) is 18.2 Å². The van der Waals surface area contributed by atoms with Gasteiger partial charge >= 0.3 is 6.09 Å². The van der Waals surface area contributed by atoms with E-state index in [2.05, 4.69) is 15.7 Å². The number of ether oxygens (including phenoxy) is 1. The van der Waals surface area contributed by atoms with E-state index in [0.29, 0.717) is 26.2 Å². The Morgan fingerprint density at radius 3 is 2.63 bits per heavy atom. The number of para-hydroxylation sites is 1. The Morgan fingerprint density at radius 2 is 1.97 bits per heavy atom. The predicted octanol–water partition coefficient (Wildman–Crippen LogP) is 3.17. The summed E-state index contributed by atoms with van der Waals surface area (Å²) < 4.78 is 6.94. The molecule has 0 bridgehead atoms. The Morgan fingerprint density at radius 1 is 1.23 bits per heavy atom. The Labute approximate surface area is 195 Å². The maximum absolute atomic E-state index is 11.8. The third kappa shape index (κ3) is 6.89. The monoisotopic (exact) mass is 526 g/mol. The maximum atomic E-state index is 11.8. The first kappa shape index (κ1) is 24.0. The smallest absolute Gasteiger partial charge is 0.409 e. The zero-order chi connectivity index (χ0) is 20.5. The minimum absolute atomic E-state index is 0. The van der Waals surface area contributed by atoms with E-state index < -0.39 is 0 Å². The summed E-state index contributed by atoms with van der Waals surface area (Å²) in [5, 5.41) is 11.2. The molecule has 0 aliphatic carbocycles. The molecule has 0 spiro atoms. The maximum Gasteiger partial charge on any atom is 0.409 e. The van der Waals surface area contributed by atoms with Crippen molar-refractivity contribution in [2.24, 2.45) is 4.99 Å². The number of guanidine groups is 1. The van der Waals surface area contributed by atoms with Crippen LogP contribution in [0.25, 0.3) is 5.69 Å². The largest absolute Gasteiger partial charge is 0.450 e. The van der Waals surface area contributed by atoms with Crippen molar-refractivity contribution in [3.8, 4) is 5.69 Å². The van der Waals surface area contributed by atoms with Crippen LogP contribution in [0.1, 0.15) is 32.3 Å². The molecule has 2 aromatic rings. The summed E-state index contributed by atoms with van der Waals surface area (Å²) in [7, 11) is 0. The van der Waals surface area contributed by atoms with Gasteiger partial charge in [-0.05, 0) is 38.8 Å². The van der Waals surface area contributed by atoms with E-state index in [0.717, 1.165) is 36.6 Å².